The summed E-state index contributed by atoms with van der Waals surface area (Å²) in [6.07, 6.45) is 2.50. The Morgan fingerprint density at radius 1 is 1.17 bits per heavy atom. The monoisotopic (exact) mass is 316 g/mol. The first kappa shape index (κ1) is 15.6. The maximum absolute atomic E-state index is 9.83. The van der Waals surface area contributed by atoms with E-state index in [-0.39, 0.29) is 12.0 Å². The molecule has 0 bridgehead atoms. The van der Waals surface area contributed by atoms with Crippen LogP contribution in [0.25, 0.3) is 0 Å². The number of aliphatic hydroxyl groups is 1. The molecule has 3 aliphatic heterocycles. The van der Waals surface area contributed by atoms with Crippen LogP contribution in [0.5, 0.6) is 0 Å². The van der Waals surface area contributed by atoms with Gasteiger partial charge in [-0.1, -0.05) is 30.3 Å². The van der Waals surface area contributed by atoms with E-state index < -0.39 is 0 Å². The number of aliphatic hydroxyl groups excluding tert-OH is 1. The summed E-state index contributed by atoms with van der Waals surface area (Å²) in [6, 6.07) is 11.5. The van der Waals surface area contributed by atoms with Crippen molar-refractivity contribution in [2.24, 2.45) is 11.3 Å². The Bertz CT molecular complexity index is 515. The minimum absolute atomic E-state index is 0.0289. The molecule has 0 aromatic heterocycles. The summed E-state index contributed by atoms with van der Waals surface area (Å²) in [5.74, 6) is 0.537. The molecule has 2 atom stereocenters. The van der Waals surface area contributed by atoms with Gasteiger partial charge in [0, 0.05) is 37.0 Å². The summed E-state index contributed by atoms with van der Waals surface area (Å²) in [5.41, 5.74) is 1.44. The summed E-state index contributed by atoms with van der Waals surface area (Å²) in [5, 5.41) is 9.83. The lowest BCUT2D eigenvalue weighted by molar-refractivity contribution is 0.0589. The van der Waals surface area contributed by atoms with Crippen molar-refractivity contribution in [3.63, 3.8) is 0 Å². The highest BCUT2D eigenvalue weighted by atomic mass is 16.5. The maximum atomic E-state index is 9.83. The highest BCUT2D eigenvalue weighted by molar-refractivity contribution is 5.14. The first-order valence-corrected chi connectivity index (χ1v) is 8.98. The zero-order chi connectivity index (χ0) is 15.7. The smallest absolute Gasteiger partial charge is 0.0560 e. The Balaban J connectivity index is 1.30. The Morgan fingerprint density at radius 3 is 2.65 bits per heavy atom. The molecule has 1 N–H and O–H groups in total. The quantitative estimate of drug-likeness (QED) is 0.915. The number of hydrogen-bond donors (Lipinski definition) is 1. The Morgan fingerprint density at radius 2 is 1.96 bits per heavy atom. The van der Waals surface area contributed by atoms with Crippen LogP contribution in [0.3, 0.4) is 0 Å². The van der Waals surface area contributed by atoms with Gasteiger partial charge in [-0.25, -0.2) is 0 Å². The highest BCUT2D eigenvalue weighted by Crippen LogP contribution is 2.42. The van der Waals surface area contributed by atoms with Crippen molar-refractivity contribution in [1.29, 1.82) is 0 Å². The second kappa shape index (κ2) is 6.52. The minimum Gasteiger partial charge on any atom is -0.396 e. The van der Waals surface area contributed by atoms with Gasteiger partial charge in [0.05, 0.1) is 19.8 Å². The normalized spacial score (nSPS) is 33.2. The van der Waals surface area contributed by atoms with Gasteiger partial charge in [-0.15, -0.1) is 0 Å². The first-order chi connectivity index (χ1) is 11.3. The fraction of sp³-hybridized carbons (Fsp3) is 0.684. The number of fused-ring (bicyclic) bond motifs is 1. The van der Waals surface area contributed by atoms with Crippen LogP contribution < -0.4 is 0 Å². The first-order valence-electron chi connectivity index (χ1n) is 8.98. The third kappa shape index (κ3) is 3.05. The van der Waals surface area contributed by atoms with Crippen LogP contribution in [0, 0.1) is 11.3 Å². The molecule has 0 spiro atoms. The van der Waals surface area contributed by atoms with Crippen molar-refractivity contribution in [2.75, 3.05) is 46.0 Å². The lowest BCUT2D eigenvalue weighted by Gasteiger charge is -2.37. The number of piperidine rings is 1. The standard InChI is InChI=1S/C19H28N2O2/c22-14-19-13-21(11-17(19)12-23-15-19)18-6-8-20(9-7-18)10-16-4-2-1-3-5-16/h1-5,17-18,22H,6-15H2/t17-,19-/m0/s1. The van der Waals surface area contributed by atoms with Gasteiger partial charge in [0.2, 0.25) is 0 Å². The van der Waals surface area contributed by atoms with Gasteiger partial charge < -0.3 is 9.84 Å². The number of nitrogens with zero attached hydrogens (tertiary/aromatic N) is 2. The average molecular weight is 316 g/mol. The van der Waals surface area contributed by atoms with Crippen molar-refractivity contribution in [1.82, 2.24) is 9.80 Å². The molecule has 3 fully saturated rings. The van der Waals surface area contributed by atoms with Crippen LogP contribution in [0.15, 0.2) is 30.3 Å². The van der Waals surface area contributed by atoms with Crippen molar-refractivity contribution < 1.29 is 9.84 Å². The third-order valence-corrected chi connectivity index (χ3v) is 6.18. The van der Waals surface area contributed by atoms with Crippen LogP contribution in [0.4, 0.5) is 0 Å². The second-order valence-corrected chi connectivity index (χ2v) is 7.65. The summed E-state index contributed by atoms with van der Waals surface area (Å²) < 4.78 is 5.63. The molecule has 1 aromatic carbocycles. The van der Waals surface area contributed by atoms with E-state index in [0.717, 1.165) is 32.8 Å². The Hall–Kier alpha value is -0.940. The van der Waals surface area contributed by atoms with Gasteiger partial charge in [-0.05, 0) is 31.5 Å². The molecule has 4 nitrogen and oxygen atoms in total. The molecule has 0 saturated carbocycles. The van der Waals surface area contributed by atoms with E-state index in [1.807, 2.05) is 0 Å². The molecule has 0 aliphatic carbocycles. The molecule has 1 aromatic rings. The fourth-order valence-electron chi connectivity index (χ4n) is 4.66. The number of benzene rings is 1. The van der Waals surface area contributed by atoms with Gasteiger partial charge >= 0.3 is 0 Å². The molecule has 0 unspecified atom stereocenters. The molecular weight excluding hydrogens is 288 g/mol. The van der Waals surface area contributed by atoms with Gasteiger partial charge in [-0.2, -0.15) is 0 Å². The highest BCUT2D eigenvalue weighted by Gasteiger charge is 2.51. The predicted octanol–water partition coefficient (Wildman–Crippen LogP) is 1.59. The molecule has 126 valence electrons. The number of rotatable bonds is 4. The largest absolute Gasteiger partial charge is 0.396 e. The molecule has 23 heavy (non-hydrogen) atoms. The minimum atomic E-state index is 0.0289. The van der Waals surface area contributed by atoms with Gasteiger partial charge in [0.1, 0.15) is 0 Å². The van der Waals surface area contributed by atoms with Crippen molar-refractivity contribution in [2.45, 2.75) is 25.4 Å². The van der Waals surface area contributed by atoms with Crippen LogP contribution in [0.2, 0.25) is 0 Å². The Labute approximate surface area is 139 Å². The summed E-state index contributed by atoms with van der Waals surface area (Å²) >= 11 is 0. The average Bonchev–Trinajstić information content (AvgIpc) is 3.14. The summed E-state index contributed by atoms with van der Waals surface area (Å²) in [7, 11) is 0. The number of hydrogen-bond acceptors (Lipinski definition) is 4. The topological polar surface area (TPSA) is 35.9 Å². The lowest BCUT2D eigenvalue weighted by atomic mass is 9.82. The number of likely N-dealkylation sites (tertiary alicyclic amines) is 2. The van der Waals surface area contributed by atoms with Gasteiger partial charge in [0.15, 0.2) is 0 Å². The molecule has 3 saturated heterocycles. The van der Waals surface area contributed by atoms with E-state index in [0.29, 0.717) is 12.0 Å². The number of ether oxygens (including phenoxy) is 1. The van der Waals surface area contributed by atoms with Gasteiger partial charge in [-0.3, -0.25) is 9.80 Å². The van der Waals surface area contributed by atoms with E-state index in [4.69, 9.17) is 4.74 Å². The predicted molar refractivity (Wildman–Crippen MR) is 90.1 cm³/mol. The third-order valence-electron chi connectivity index (χ3n) is 6.18. The molecule has 3 heterocycles. The SMILES string of the molecule is OC[C@@]12COC[C@@H]1CN(C1CCN(Cc3ccccc3)CC1)C2. The summed E-state index contributed by atoms with van der Waals surface area (Å²) in [4.78, 5) is 5.22. The molecule has 0 amide bonds. The maximum Gasteiger partial charge on any atom is 0.0560 e. The van der Waals surface area contributed by atoms with Crippen molar-refractivity contribution in [3.05, 3.63) is 35.9 Å². The van der Waals surface area contributed by atoms with Crippen LogP contribution in [0.1, 0.15) is 18.4 Å². The Kier molecular flexibility index (Phi) is 4.41. The van der Waals surface area contributed by atoms with E-state index in [1.54, 1.807) is 0 Å². The van der Waals surface area contributed by atoms with E-state index in [1.165, 1.54) is 31.5 Å². The molecule has 4 heteroatoms. The second-order valence-electron chi connectivity index (χ2n) is 7.65. The molecule has 4 rings (SSSR count). The fourth-order valence-corrected chi connectivity index (χ4v) is 4.66. The summed E-state index contributed by atoms with van der Waals surface area (Å²) in [6.45, 7) is 7.45. The zero-order valence-corrected chi connectivity index (χ0v) is 13.9. The van der Waals surface area contributed by atoms with Crippen LogP contribution >= 0.6 is 0 Å². The van der Waals surface area contributed by atoms with Crippen LogP contribution in [-0.4, -0.2) is 66.9 Å². The molecular formula is C19H28N2O2. The van der Waals surface area contributed by atoms with E-state index in [9.17, 15) is 5.11 Å². The van der Waals surface area contributed by atoms with Crippen molar-refractivity contribution in [3.8, 4) is 0 Å². The molecule has 0 radical (unpaired) electrons. The van der Waals surface area contributed by atoms with Crippen LogP contribution in [-0.2, 0) is 11.3 Å². The van der Waals surface area contributed by atoms with E-state index >= 15 is 0 Å². The zero-order valence-electron chi connectivity index (χ0n) is 13.9. The van der Waals surface area contributed by atoms with Crippen molar-refractivity contribution >= 4 is 0 Å². The van der Waals surface area contributed by atoms with Gasteiger partial charge in [0.25, 0.3) is 0 Å². The molecule has 3 aliphatic rings. The lowest BCUT2D eigenvalue weighted by Crippen LogP contribution is -2.45. The van der Waals surface area contributed by atoms with E-state index in [2.05, 4.69) is 40.1 Å².